The predicted molar refractivity (Wildman–Crippen MR) is 60.4 cm³/mol. The van der Waals surface area contributed by atoms with Crippen molar-refractivity contribution in [2.24, 2.45) is 5.41 Å². The molecule has 1 aliphatic carbocycles. The second-order valence-electron chi connectivity index (χ2n) is 4.59. The van der Waals surface area contributed by atoms with Crippen LogP contribution in [0.1, 0.15) is 24.8 Å². The number of rotatable bonds is 2. The van der Waals surface area contributed by atoms with E-state index in [1.54, 1.807) is 0 Å². The number of hydrogen-bond donors (Lipinski definition) is 0. The molecule has 1 heterocycles. The van der Waals surface area contributed by atoms with Crippen LogP contribution >= 0.6 is 11.6 Å². The van der Waals surface area contributed by atoms with Crippen LogP contribution in [0, 0.1) is 16.7 Å². The Kier molecular flexibility index (Phi) is 3.31. The molecule has 1 aromatic heterocycles. The van der Waals surface area contributed by atoms with E-state index in [9.17, 15) is 18.0 Å². The van der Waals surface area contributed by atoms with E-state index >= 15 is 0 Å². The predicted octanol–water partition coefficient (Wildman–Crippen LogP) is 2.61. The van der Waals surface area contributed by atoms with Crippen LogP contribution < -0.4 is 5.56 Å². The van der Waals surface area contributed by atoms with Crippen molar-refractivity contribution < 1.29 is 13.2 Å². The fourth-order valence-corrected chi connectivity index (χ4v) is 2.22. The number of aromatic nitrogens is 2. The molecule has 1 fully saturated rings. The highest BCUT2D eigenvalue weighted by atomic mass is 35.5. The van der Waals surface area contributed by atoms with Gasteiger partial charge in [-0.25, -0.2) is 4.68 Å². The Morgan fingerprint density at radius 1 is 1.53 bits per heavy atom. The molecule has 8 heteroatoms. The number of nitriles is 1. The first-order chi connectivity index (χ1) is 8.77. The van der Waals surface area contributed by atoms with Crippen molar-refractivity contribution in [3.05, 3.63) is 27.1 Å². The Morgan fingerprint density at radius 3 is 2.58 bits per heavy atom. The standard InChI is InChI=1S/C11H9ClF3N3O/c12-8-4-7(11(13,14)15)9(19)18(17-8)6-10(5-16)2-1-3-10/h4H,1-3,6H2. The summed E-state index contributed by atoms with van der Waals surface area (Å²) in [6.07, 6.45) is -2.88. The van der Waals surface area contributed by atoms with E-state index in [-0.39, 0.29) is 6.54 Å². The van der Waals surface area contributed by atoms with Crippen LogP contribution in [0.25, 0.3) is 0 Å². The molecule has 1 saturated carbocycles. The van der Waals surface area contributed by atoms with Gasteiger partial charge in [0, 0.05) is 0 Å². The number of halogens is 4. The third-order valence-electron chi connectivity index (χ3n) is 3.25. The molecule has 0 radical (unpaired) electrons. The van der Waals surface area contributed by atoms with Crippen molar-refractivity contribution in [1.29, 1.82) is 5.26 Å². The smallest absolute Gasteiger partial charge is 0.267 e. The molecule has 0 N–H and O–H groups in total. The number of nitrogens with zero attached hydrogens (tertiary/aromatic N) is 3. The molecular formula is C11H9ClF3N3O. The minimum Gasteiger partial charge on any atom is -0.267 e. The van der Waals surface area contributed by atoms with Crippen molar-refractivity contribution in [2.75, 3.05) is 0 Å². The molecule has 0 spiro atoms. The van der Waals surface area contributed by atoms with Crippen molar-refractivity contribution in [3.8, 4) is 6.07 Å². The van der Waals surface area contributed by atoms with Crippen LogP contribution in [0.2, 0.25) is 5.15 Å². The lowest BCUT2D eigenvalue weighted by molar-refractivity contribution is -0.139. The molecule has 0 saturated heterocycles. The molecule has 2 rings (SSSR count). The molecule has 0 atom stereocenters. The summed E-state index contributed by atoms with van der Waals surface area (Å²) >= 11 is 5.51. The van der Waals surface area contributed by atoms with Gasteiger partial charge in [-0.1, -0.05) is 18.0 Å². The summed E-state index contributed by atoms with van der Waals surface area (Å²) in [4.78, 5) is 11.7. The maximum Gasteiger partial charge on any atom is 0.421 e. The van der Waals surface area contributed by atoms with Gasteiger partial charge >= 0.3 is 6.18 Å². The van der Waals surface area contributed by atoms with E-state index in [0.29, 0.717) is 23.6 Å². The van der Waals surface area contributed by atoms with Crippen molar-refractivity contribution in [2.45, 2.75) is 32.0 Å². The zero-order valence-electron chi connectivity index (χ0n) is 9.67. The van der Waals surface area contributed by atoms with Crippen LogP contribution in [0.5, 0.6) is 0 Å². The van der Waals surface area contributed by atoms with Gasteiger partial charge in [-0.15, -0.1) is 0 Å². The monoisotopic (exact) mass is 291 g/mol. The molecule has 19 heavy (non-hydrogen) atoms. The zero-order chi connectivity index (χ0) is 14.3. The molecule has 0 aliphatic heterocycles. The minimum atomic E-state index is -4.79. The third-order valence-corrected chi connectivity index (χ3v) is 3.43. The van der Waals surface area contributed by atoms with Gasteiger partial charge in [0.1, 0.15) is 10.7 Å². The Morgan fingerprint density at radius 2 is 2.16 bits per heavy atom. The Labute approximate surface area is 111 Å². The van der Waals surface area contributed by atoms with Gasteiger partial charge in [0.25, 0.3) is 5.56 Å². The van der Waals surface area contributed by atoms with E-state index in [1.807, 2.05) is 6.07 Å². The highest BCUT2D eigenvalue weighted by Gasteiger charge is 2.40. The Hall–Kier alpha value is -1.55. The first-order valence-electron chi connectivity index (χ1n) is 5.54. The van der Waals surface area contributed by atoms with Gasteiger partial charge in [0.2, 0.25) is 0 Å². The molecule has 0 unspecified atom stereocenters. The number of hydrogen-bond acceptors (Lipinski definition) is 3. The summed E-state index contributed by atoms with van der Waals surface area (Å²) < 4.78 is 38.6. The largest absolute Gasteiger partial charge is 0.421 e. The molecular weight excluding hydrogens is 283 g/mol. The van der Waals surface area contributed by atoms with Gasteiger partial charge in [0.15, 0.2) is 0 Å². The van der Waals surface area contributed by atoms with Crippen LogP contribution in [-0.2, 0) is 12.7 Å². The van der Waals surface area contributed by atoms with Gasteiger partial charge in [-0.3, -0.25) is 4.79 Å². The van der Waals surface area contributed by atoms with Crippen LogP contribution in [0.4, 0.5) is 13.2 Å². The molecule has 4 nitrogen and oxygen atoms in total. The van der Waals surface area contributed by atoms with Crippen LogP contribution in [-0.4, -0.2) is 9.78 Å². The summed E-state index contributed by atoms with van der Waals surface area (Å²) in [5.74, 6) is 0. The Bertz CT molecular complexity index is 599. The summed E-state index contributed by atoms with van der Waals surface area (Å²) in [6.45, 7) is -0.161. The van der Waals surface area contributed by atoms with Gasteiger partial charge in [-0.2, -0.15) is 23.5 Å². The first-order valence-corrected chi connectivity index (χ1v) is 5.91. The van der Waals surface area contributed by atoms with Gasteiger partial charge < -0.3 is 0 Å². The highest BCUT2D eigenvalue weighted by Crippen LogP contribution is 2.41. The van der Waals surface area contributed by atoms with Crippen LogP contribution in [0.3, 0.4) is 0 Å². The lowest BCUT2D eigenvalue weighted by atomic mass is 9.70. The second-order valence-corrected chi connectivity index (χ2v) is 4.97. The Balaban J connectivity index is 2.45. The van der Waals surface area contributed by atoms with Gasteiger partial charge in [-0.05, 0) is 18.9 Å². The molecule has 0 aromatic carbocycles. The maximum atomic E-state index is 12.7. The van der Waals surface area contributed by atoms with E-state index < -0.39 is 27.9 Å². The quantitative estimate of drug-likeness (QED) is 0.841. The summed E-state index contributed by atoms with van der Waals surface area (Å²) in [5.41, 5.74) is -3.43. The molecule has 1 aromatic rings. The topological polar surface area (TPSA) is 58.7 Å². The van der Waals surface area contributed by atoms with Crippen molar-refractivity contribution in [1.82, 2.24) is 9.78 Å². The molecule has 102 valence electrons. The maximum absolute atomic E-state index is 12.7. The lowest BCUT2D eigenvalue weighted by Crippen LogP contribution is -2.39. The summed E-state index contributed by atoms with van der Waals surface area (Å²) in [7, 11) is 0. The fraction of sp³-hybridized carbons (Fsp3) is 0.545. The summed E-state index contributed by atoms with van der Waals surface area (Å²) in [5, 5.41) is 12.2. The van der Waals surface area contributed by atoms with Crippen molar-refractivity contribution in [3.63, 3.8) is 0 Å². The zero-order valence-corrected chi connectivity index (χ0v) is 10.4. The SMILES string of the molecule is N#CC1(Cn2nc(Cl)cc(C(F)(F)F)c2=O)CCC1. The minimum absolute atomic E-state index is 0.161. The van der Waals surface area contributed by atoms with E-state index in [1.165, 1.54) is 0 Å². The van der Waals surface area contributed by atoms with E-state index in [2.05, 4.69) is 5.10 Å². The molecule has 1 aliphatic rings. The van der Waals surface area contributed by atoms with E-state index in [4.69, 9.17) is 16.9 Å². The van der Waals surface area contributed by atoms with Crippen LogP contribution in [0.15, 0.2) is 10.9 Å². The van der Waals surface area contributed by atoms with Gasteiger partial charge in [0.05, 0.1) is 18.0 Å². The van der Waals surface area contributed by atoms with E-state index in [0.717, 1.165) is 6.42 Å². The first kappa shape index (κ1) is 13.9. The lowest BCUT2D eigenvalue weighted by Gasteiger charge is -2.34. The molecule has 0 amide bonds. The normalized spacial score (nSPS) is 17.6. The third kappa shape index (κ3) is 2.59. The fourth-order valence-electron chi connectivity index (χ4n) is 2.02. The van der Waals surface area contributed by atoms with Crippen molar-refractivity contribution >= 4 is 11.6 Å². The average molecular weight is 292 g/mol. The summed E-state index contributed by atoms with van der Waals surface area (Å²) in [6, 6.07) is 2.54. The average Bonchev–Trinajstić information content (AvgIpc) is 2.26. The second kappa shape index (κ2) is 4.53. The number of alkyl halides is 3. The highest BCUT2D eigenvalue weighted by molar-refractivity contribution is 6.29. The molecule has 0 bridgehead atoms.